The number of anilines is 1. The SMILES string of the molecule is CC1C(=O)N(CN(C2CCCC2)C2CC2)C(=O)N1c1ccc(Cl)cc1. The molecule has 5 nitrogen and oxygen atoms in total. The molecule has 1 saturated heterocycles. The molecule has 3 amide bonds. The highest BCUT2D eigenvalue weighted by molar-refractivity contribution is 6.30. The Morgan fingerprint density at radius 2 is 1.64 bits per heavy atom. The molecule has 3 aliphatic rings. The van der Waals surface area contributed by atoms with Gasteiger partial charge < -0.3 is 0 Å². The van der Waals surface area contributed by atoms with Crippen molar-refractivity contribution < 1.29 is 9.59 Å². The molecule has 1 atom stereocenters. The molecule has 3 fully saturated rings. The number of imide groups is 1. The standard InChI is InChI=1S/C19H24ClN3O2/c1-13-18(24)22(12-21(16-10-11-16)15-4-2-3-5-15)19(25)23(13)17-8-6-14(20)7-9-17/h6-9,13,15-16H,2-5,10-12H2,1H3. The van der Waals surface area contributed by atoms with Crippen LogP contribution in [0, 0.1) is 0 Å². The lowest BCUT2D eigenvalue weighted by atomic mass is 10.2. The summed E-state index contributed by atoms with van der Waals surface area (Å²) >= 11 is 5.94. The maximum Gasteiger partial charge on any atom is 0.333 e. The number of hydrogen-bond acceptors (Lipinski definition) is 3. The van der Waals surface area contributed by atoms with E-state index >= 15 is 0 Å². The Morgan fingerprint density at radius 3 is 2.24 bits per heavy atom. The summed E-state index contributed by atoms with van der Waals surface area (Å²) in [7, 11) is 0. The van der Waals surface area contributed by atoms with E-state index < -0.39 is 6.04 Å². The van der Waals surface area contributed by atoms with Gasteiger partial charge in [0.1, 0.15) is 6.04 Å². The average Bonchev–Trinajstić information content (AvgIpc) is 3.25. The zero-order valence-corrected chi connectivity index (χ0v) is 15.3. The molecule has 134 valence electrons. The lowest BCUT2D eigenvalue weighted by Crippen LogP contribution is -2.47. The maximum absolute atomic E-state index is 13.0. The van der Waals surface area contributed by atoms with Crippen LogP contribution in [-0.4, -0.2) is 46.5 Å². The van der Waals surface area contributed by atoms with Crippen molar-refractivity contribution in [3.05, 3.63) is 29.3 Å². The van der Waals surface area contributed by atoms with Gasteiger partial charge in [-0.25, -0.2) is 9.69 Å². The van der Waals surface area contributed by atoms with Crippen LogP contribution in [0.25, 0.3) is 0 Å². The van der Waals surface area contributed by atoms with Crippen LogP contribution in [-0.2, 0) is 4.79 Å². The number of rotatable bonds is 5. The predicted molar refractivity (Wildman–Crippen MR) is 97.6 cm³/mol. The first kappa shape index (κ1) is 16.9. The zero-order chi connectivity index (χ0) is 17.6. The summed E-state index contributed by atoms with van der Waals surface area (Å²) in [6, 6.07) is 7.46. The Kier molecular flexibility index (Phi) is 4.46. The minimum Gasteiger partial charge on any atom is -0.282 e. The molecule has 1 aromatic carbocycles. The second-order valence-electron chi connectivity index (χ2n) is 7.40. The van der Waals surface area contributed by atoms with Crippen molar-refractivity contribution in [2.24, 2.45) is 0 Å². The first-order valence-electron chi connectivity index (χ1n) is 9.22. The van der Waals surface area contributed by atoms with Gasteiger partial charge in [0.05, 0.1) is 6.67 Å². The van der Waals surface area contributed by atoms with E-state index in [9.17, 15) is 9.59 Å². The van der Waals surface area contributed by atoms with Crippen LogP contribution in [0.2, 0.25) is 5.02 Å². The third-order valence-electron chi connectivity index (χ3n) is 5.67. The van der Waals surface area contributed by atoms with Gasteiger partial charge >= 0.3 is 6.03 Å². The zero-order valence-electron chi connectivity index (χ0n) is 14.5. The van der Waals surface area contributed by atoms with Crippen molar-refractivity contribution in [2.75, 3.05) is 11.6 Å². The fraction of sp³-hybridized carbons (Fsp3) is 0.579. The van der Waals surface area contributed by atoms with Crippen molar-refractivity contribution in [3.63, 3.8) is 0 Å². The summed E-state index contributed by atoms with van der Waals surface area (Å²) in [6.07, 6.45) is 7.24. The molecule has 6 heteroatoms. The molecule has 25 heavy (non-hydrogen) atoms. The van der Waals surface area contributed by atoms with Gasteiger partial charge in [-0.15, -0.1) is 0 Å². The van der Waals surface area contributed by atoms with E-state index in [2.05, 4.69) is 4.90 Å². The highest BCUT2D eigenvalue weighted by Crippen LogP contribution is 2.36. The van der Waals surface area contributed by atoms with Gasteiger partial charge in [-0.3, -0.25) is 14.6 Å². The molecule has 0 spiro atoms. The van der Waals surface area contributed by atoms with Crippen LogP contribution in [0.1, 0.15) is 45.4 Å². The molecular weight excluding hydrogens is 338 g/mol. The summed E-state index contributed by atoms with van der Waals surface area (Å²) in [5.74, 6) is -0.108. The van der Waals surface area contributed by atoms with E-state index in [-0.39, 0.29) is 11.9 Å². The maximum atomic E-state index is 13.0. The number of nitrogens with zero attached hydrogens (tertiary/aromatic N) is 3. The Bertz CT molecular complexity index is 668. The van der Waals surface area contributed by atoms with Crippen LogP contribution >= 0.6 is 11.6 Å². The van der Waals surface area contributed by atoms with E-state index in [4.69, 9.17) is 11.6 Å². The second kappa shape index (κ2) is 6.61. The highest BCUT2D eigenvalue weighted by Gasteiger charge is 2.46. The molecule has 0 radical (unpaired) electrons. The molecule has 1 heterocycles. The second-order valence-corrected chi connectivity index (χ2v) is 7.83. The molecule has 2 saturated carbocycles. The topological polar surface area (TPSA) is 43.9 Å². The minimum atomic E-state index is -0.474. The summed E-state index contributed by atoms with van der Waals surface area (Å²) in [5, 5.41) is 0.618. The number of carbonyl (C=O) groups excluding carboxylic acids is 2. The van der Waals surface area contributed by atoms with Crippen molar-refractivity contribution in [1.82, 2.24) is 9.80 Å². The average molecular weight is 362 g/mol. The van der Waals surface area contributed by atoms with E-state index in [0.29, 0.717) is 23.8 Å². The largest absolute Gasteiger partial charge is 0.333 e. The van der Waals surface area contributed by atoms with E-state index in [0.717, 1.165) is 5.69 Å². The molecule has 1 aliphatic heterocycles. The quantitative estimate of drug-likeness (QED) is 0.748. The normalized spacial score (nSPS) is 24.8. The third kappa shape index (κ3) is 3.15. The number of hydrogen-bond donors (Lipinski definition) is 0. The van der Waals surface area contributed by atoms with Gasteiger partial charge in [-0.2, -0.15) is 0 Å². The van der Waals surface area contributed by atoms with Crippen LogP contribution in [0.15, 0.2) is 24.3 Å². The van der Waals surface area contributed by atoms with Gasteiger partial charge in [0.2, 0.25) is 0 Å². The number of halogens is 1. The molecule has 0 bridgehead atoms. The minimum absolute atomic E-state index is 0.108. The third-order valence-corrected chi connectivity index (χ3v) is 5.92. The lowest BCUT2D eigenvalue weighted by Gasteiger charge is -2.31. The lowest BCUT2D eigenvalue weighted by molar-refractivity contribution is -0.128. The molecule has 1 aromatic rings. The Morgan fingerprint density at radius 1 is 1.04 bits per heavy atom. The molecule has 1 unspecified atom stereocenters. The Balaban J connectivity index is 1.54. The summed E-state index contributed by atoms with van der Waals surface area (Å²) < 4.78 is 0. The monoisotopic (exact) mass is 361 g/mol. The Labute approximate surface area is 153 Å². The van der Waals surface area contributed by atoms with Crippen LogP contribution in [0.4, 0.5) is 10.5 Å². The van der Waals surface area contributed by atoms with Gasteiger partial charge in [0.25, 0.3) is 5.91 Å². The van der Waals surface area contributed by atoms with Gasteiger partial charge in [-0.05, 0) is 56.9 Å². The van der Waals surface area contributed by atoms with Crippen LogP contribution < -0.4 is 4.90 Å². The number of urea groups is 1. The van der Waals surface area contributed by atoms with Crippen LogP contribution in [0.5, 0.6) is 0 Å². The fourth-order valence-corrected chi connectivity index (χ4v) is 4.25. The first-order chi connectivity index (χ1) is 12.1. The number of amides is 3. The van der Waals surface area contributed by atoms with Crippen LogP contribution in [0.3, 0.4) is 0 Å². The summed E-state index contributed by atoms with van der Waals surface area (Å²) in [5.41, 5.74) is 0.719. The summed E-state index contributed by atoms with van der Waals surface area (Å²) in [4.78, 5) is 31.2. The fourth-order valence-electron chi connectivity index (χ4n) is 4.13. The molecule has 0 aromatic heterocycles. The highest BCUT2D eigenvalue weighted by atomic mass is 35.5. The van der Waals surface area contributed by atoms with Crippen molar-refractivity contribution >= 4 is 29.2 Å². The van der Waals surface area contributed by atoms with Crippen molar-refractivity contribution in [2.45, 2.75) is 63.6 Å². The molecule has 0 N–H and O–H groups in total. The van der Waals surface area contributed by atoms with Crippen molar-refractivity contribution in [3.8, 4) is 0 Å². The van der Waals surface area contributed by atoms with Gasteiger partial charge in [-0.1, -0.05) is 24.4 Å². The summed E-state index contributed by atoms with van der Waals surface area (Å²) in [6.45, 7) is 2.23. The number of benzene rings is 1. The first-order valence-corrected chi connectivity index (χ1v) is 9.60. The molecular formula is C19H24ClN3O2. The van der Waals surface area contributed by atoms with Gasteiger partial charge in [0.15, 0.2) is 0 Å². The number of carbonyl (C=O) groups is 2. The smallest absolute Gasteiger partial charge is 0.282 e. The molecule has 2 aliphatic carbocycles. The van der Waals surface area contributed by atoms with Gasteiger partial charge in [0, 0.05) is 22.8 Å². The van der Waals surface area contributed by atoms with E-state index in [1.165, 1.54) is 43.4 Å². The van der Waals surface area contributed by atoms with E-state index in [1.54, 1.807) is 36.1 Å². The molecule has 4 rings (SSSR count). The van der Waals surface area contributed by atoms with E-state index in [1.807, 2.05) is 0 Å². The predicted octanol–water partition coefficient (Wildman–Crippen LogP) is 3.86. The Hall–Kier alpha value is -1.59. The van der Waals surface area contributed by atoms with Crippen molar-refractivity contribution in [1.29, 1.82) is 0 Å².